The maximum atomic E-state index is 13.3. The van der Waals surface area contributed by atoms with Crippen molar-refractivity contribution in [1.29, 1.82) is 0 Å². The first-order valence-electron chi connectivity index (χ1n) is 10.8. The molecule has 0 saturated heterocycles. The quantitative estimate of drug-likeness (QED) is 0.437. The van der Waals surface area contributed by atoms with Crippen LogP contribution in [0.25, 0.3) is 11.2 Å². The van der Waals surface area contributed by atoms with E-state index in [0.29, 0.717) is 23.8 Å². The fourth-order valence-electron chi connectivity index (χ4n) is 3.80. The molecule has 3 rings (SSSR count). The predicted octanol–water partition coefficient (Wildman–Crippen LogP) is 2.79. The molecule has 0 aliphatic heterocycles. The van der Waals surface area contributed by atoms with Gasteiger partial charge >= 0.3 is 5.69 Å². The summed E-state index contributed by atoms with van der Waals surface area (Å²) >= 11 is 3.52. The van der Waals surface area contributed by atoms with Gasteiger partial charge < -0.3 is 15.2 Å². The van der Waals surface area contributed by atoms with Crippen LogP contribution in [0, 0.1) is 0 Å². The monoisotopic (exact) mass is 507 g/mol. The molecule has 0 saturated carbocycles. The Labute approximate surface area is 194 Å². The van der Waals surface area contributed by atoms with Crippen LogP contribution in [-0.2, 0) is 19.6 Å². The van der Waals surface area contributed by atoms with E-state index in [0.717, 1.165) is 22.9 Å². The summed E-state index contributed by atoms with van der Waals surface area (Å²) in [5.74, 6) is 1.24. The number of imidazole rings is 1. The van der Waals surface area contributed by atoms with Crippen molar-refractivity contribution in [3.63, 3.8) is 0 Å². The lowest BCUT2D eigenvalue weighted by molar-refractivity contribution is 0.274. The van der Waals surface area contributed by atoms with Crippen LogP contribution in [0.15, 0.2) is 32.3 Å². The molecule has 0 amide bonds. The zero-order chi connectivity index (χ0) is 23.4. The summed E-state index contributed by atoms with van der Waals surface area (Å²) in [6, 6.07) is 5.89. The molecule has 32 heavy (non-hydrogen) atoms. The normalized spacial score (nSPS) is 11.5. The number of aliphatic hydroxyl groups excluding tert-OH is 1. The number of aromatic nitrogens is 4. The molecule has 0 aliphatic rings. The molecule has 10 heteroatoms. The highest BCUT2D eigenvalue weighted by Gasteiger charge is 2.22. The Hall–Kier alpha value is -2.59. The third-order valence-corrected chi connectivity index (χ3v) is 6.25. The van der Waals surface area contributed by atoms with Gasteiger partial charge in [0, 0.05) is 12.6 Å². The van der Waals surface area contributed by atoms with Crippen molar-refractivity contribution in [1.82, 2.24) is 18.7 Å². The number of halogens is 1. The number of ether oxygens (including phenoxy) is 1. The molecule has 2 N–H and O–H groups in total. The smallest absolute Gasteiger partial charge is 0.332 e. The molecule has 0 bridgehead atoms. The molecule has 3 aromatic rings. The van der Waals surface area contributed by atoms with E-state index in [1.54, 1.807) is 14.0 Å². The summed E-state index contributed by atoms with van der Waals surface area (Å²) in [4.78, 5) is 30.9. The Morgan fingerprint density at radius 3 is 2.44 bits per heavy atom. The van der Waals surface area contributed by atoms with Crippen LogP contribution >= 0.6 is 15.9 Å². The number of rotatable bonds is 10. The molecule has 0 aliphatic carbocycles. The fraction of sp³-hybridized carbons (Fsp3) is 0.500. The Morgan fingerprint density at radius 2 is 1.88 bits per heavy atom. The molecule has 2 aromatic heterocycles. The molecule has 2 heterocycles. The van der Waals surface area contributed by atoms with Gasteiger partial charge in [-0.05, 0) is 53.4 Å². The lowest BCUT2D eigenvalue weighted by Gasteiger charge is -2.17. The topological polar surface area (TPSA) is 103 Å². The lowest BCUT2D eigenvalue weighted by Crippen LogP contribution is -2.40. The summed E-state index contributed by atoms with van der Waals surface area (Å²) in [6.07, 6.45) is 1.77. The molecule has 0 unspecified atom stereocenters. The maximum Gasteiger partial charge on any atom is 0.332 e. The van der Waals surface area contributed by atoms with E-state index in [1.165, 1.54) is 9.13 Å². The number of hydrogen-bond acceptors (Lipinski definition) is 6. The number of fused-ring (bicyclic) bond motifs is 1. The highest BCUT2D eigenvalue weighted by atomic mass is 79.9. The van der Waals surface area contributed by atoms with Crippen LogP contribution < -0.4 is 21.3 Å². The molecule has 174 valence electrons. The number of nitrogens with zero attached hydrogens (tertiary/aromatic N) is 4. The number of hydrogen-bond donors (Lipinski definition) is 2. The molecule has 0 atom stereocenters. The second kappa shape index (κ2) is 10.4. The highest BCUT2D eigenvalue weighted by molar-refractivity contribution is 9.10. The average molecular weight is 508 g/mol. The third kappa shape index (κ3) is 4.47. The van der Waals surface area contributed by atoms with E-state index in [-0.39, 0.29) is 36.9 Å². The Morgan fingerprint density at radius 1 is 1.16 bits per heavy atom. The number of aliphatic hydroxyl groups is 1. The van der Waals surface area contributed by atoms with E-state index >= 15 is 0 Å². The second-order valence-corrected chi connectivity index (χ2v) is 8.38. The minimum absolute atomic E-state index is 0.0606. The first-order chi connectivity index (χ1) is 15.4. The molecular weight excluding hydrogens is 478 g/mol. The summed E-state index contributed by atoms with van der Waals surface area (Å²) in [5, 5.41) is 13.0. The lowest BCUT2D eigenvalue weighted by atomic mass is 10.2. The van der Waals surface area contributed by atoms with Crippen LogP contribution in [0.1, 0.15) is 39.2 Å². The Bertz CT molecular complexity index is 1210. The minimum atomic E-state index is -0.468. The zero-order valence-corrected chi connectivity index (χ0v) is 20.5. The Balaban J connectivity index is 2.29. The van der Waals surface area contributed by atoms with E-state index in [1.807, 2.05) is 22.8 Å². The molecule has 1 aromatic carbocycles. The van der Waals surface area contributed by atoms with Crippen molar-refractivity contribution < 1.29 is 9.84 Å². The first kappa shape index (κ1) is 24.1. The fourth-order valence-corrected chi connectivity index (χ4v) is 4.39. The van der Waals surface area contributed by atoms with Crippen LogP contribution in [0.2, 0.25) is 0 Å². The Kier molecular flexibility index (Phi) is 7.78. The number of anilines is 1. The third-order valence-electron chi connectivity index (χ3n) is 5.63. The van der Waals surface area contributed by atoms with Gasteiger partial charge in [0.25, 0.3) is 5.56 Å². The van der Waals surface area contributed by atoms with E-state index < -0.39 is 5.69 Å². The molecule has 0 spiro atoms. The molecule has 9 nitrogen and oxygen atoms in total. The summed E-state index contributed by atoms with van der Waals surface area (Å²) in [6.45, 7) is 6.35. The zero-order valence-electron chi connectivity index (χ0n) is 18.9. The van der Waals surface area contributed by atoms with E-state index in [9.17, 15) is 14.7 Å². The molecular formula is C22H30BrN5O4. The van der Waals surface area contributed by atoms with Crippen molar-refractivity contribution in [2.75, 3.05) is 19.0 Å². The summed E-state index contributed by atoms with van der Waals surface area (Å²) in [5.41, 5.74) is 0.691. The maximum absolute atomic E-state index is 13.3. The standard InChI is InChI=1S/C22H30BrN5O4/c1-5-15(6-2)24-21-25-19-18(20(30)26(7-3)22(31)27(19)10-11-29)28(21)13-14-8-9-17(32-4)16(23)12-14/h8-9,12,15,29H,5-7,10-11,13H2,1-4H3,(H,24,25). The van der Waals surface area contributed by atoms with Gasteiger partial charge in [-0.25, -0.2) is 4.79 Å². The average Bonchev–Trinajstić information content (AvgIpc) is 3.13. The van der Waals surface area contributed by atoms with Crippen LogP contribution in [0.5, 0.6) is 5.75 Å². The number of methoxy groups -OCH3 is 1. The van der Waals surface area contributed by atoms with Crippen molar-refractivity contribution in [3.05, 3.63) is 49.1 Å². The van der Waals surface area contributed by atoms with Crippen molar-refractivity contribution in [2.24, 2.45) is 0 Å². The predicted molar refractivity (Wildman–Crippen MR) is 129 cm³/mol. The molecule has 0 radical (unpaired) electrons. The SMILES string of the molecule is CCC(CC)Nc1nc2c(c(=O)n(CC)c(=O)n2CCO)n1Cc1ccc(OC)c(Br)c1. The van der Waals surface area contributed by atoms with Gasteiger partial charge in [-0.15, -0.1) is 0 Å². The van der Waals surface area contributed by atoms with E-state index in [4.69, 9.17) is 4.74 Å². The van der Waals surface area contributed by atoms with Gasteiger partial charge in [0.1, 0.15) is 5.75 Å². The van der Waals surface area contributed by atoms with Gasteiger partial charge in [-0.2, -0.15) is 4.98 Å². The molecule has 0 fully saturated rings. The number of benzene rings is 1. The van der Waals surface area contributed by atoms with Crippen molar-refractivity contribution in [2.45, 2.75) is 59.3 Å². The van der Waals surface area contributed by atoms with Crippen LogP contribution in [0.3, 0.4) is 0 Å². The van der Waals surface area contributed by atoms with Crippen LogP contribution in [0.4, 0.5) is 5.95 Å². The minimum Gasteiger partial charge on any atom is -0.496 e. The highest BCUT2D eigenvalue weighted by Crippen LogP contribution is 2.27. The summed E-state index contributed by atoms with van der Waals surface area (Å²) < 4.78 is 10.5. The first-order valence-corrected chi connectivity index (χ1v) is 11.6. The van der Waals surface area contributed by atoms with Crippen molar-refractivity contribution in [3.8, 4) is 5.75 Å². The van der Waals surface area contributed by atoms with Gasteiger partial charge in [-0.3, -0.25) is 18.5 Å². The largest absolute Gasteiger partial charge is 0.496 e. The number of nitrogens with one attached hydrogen (secondary N) is 1. The van der Waals surface area contributed by atoms with Crippen molar-refractivity contribution >= 4 is 33.0 Å². The van der Waals surface area contributed by atoms with E-state index in [2.05, 4.69) is 40.1 Å². The van der Waals surface area contributed by atoms with Gasteiger partial charge in [-0.1, -0.05) is 19.9 Å². The van der Waals surface area contributed by atoms with Gasteiger partial charge in [0.2, 0.25) is 5.95 Å². The van der Waals surface area contributed by atoms with Crippen LogP contribution in [-0.4, -0.2) is 43.6 Å². The van der Waals surface area contributed by atoms with Gasteiger partial charge in [0.15, 0.2) is 11.2 Å². The summed E-state index contributed by atoms with van der Waals surface area (Å²) in [7, 11) is 1.61. The van der Waals surface area contributed by atoms with Gasteiger partial charge in [0.05, 0.1) is 31.3 Å². The second-order valence-electron chi connectivity index (χ2n) is 7.53.